The van der Waals surface area contributed by atoms with Crippen LogP contribution in [0.5, 0.6) is 5.75 Å². The van der Waals surface area contributed by atoms with E-state index in [-0.39, 0.29) is 5.91 Å². The van der Waals surface area contributed by atoms with Crippen molar-refractivity contribution in [2.75, 3.05) is 13.7 Å². The van der Waals surface area contributed by atoms with Gasteiger partial charge in [0.2, 0.25) is 5.91 Å². The number of amides is 1. The molecule has 0 bridgehead atoms. The van der Waals surface area contributed by atoms with Gasteiger partial charge in [0.15, 0.2) is 0 Å². The maximum absolute atomic E-state index is 11.3. The predicted octanol–water partition coefficient (Wildman–Crippen LogP) is 6.55. The molecular weight excluding hydrogens is 436 g/mol. The third-order valence-corrected chi connectivity index (χ3v) is 7.79. The topological polar surface area (TPSA) is 54.1 Å². The van der Waals surface area contributed by atoms with E-state index in [0.29, 0.717) is 6.54 Å². The minimum atomic E-state index is -0.0180. The number of methoxy groups -OCH3 is 1. The van der Waals surface area contributed by atoms with Gasteiger partial charge >= 0.3 is 0 Å². The molecule has 1 amide bonds. The van der Waals surface area contributed by atoms with Crippen LogP contribution in [0.4, 0.5) is 0 Å². The molecule has 0 atom stereocenters. The minimum Gasteiger partial charge on any atom is -0.497 e. The lowest BCUT2D eigenvalue weighted by Gasteiger charge is -2.17. The molecule has 4 nitrogen and oxygen atoms in total. The molecular formula is C26H26N2O2S2. The number of rotatable bonds is 7. The Morgan fingerprint density at radius 3 is 2.59 bits per heavy atom. The lowest BCUT2D eigenvalue weighted by molar-refractivity contribution is -0.118. The van der Waals surface area contributed by atoms with Gasteiger partial charge in [-0.3, -0.25) is 4.79 Å². The zero-order valence-electron chi connectivity index (χ0n) is 18.4. The summed E-state index contributed by atoms with van der Waals surface area (Å²) in [4.78, 5) is 20.0. The second-order valence-electron chi connectivity index (χ2n) is 7.45. The maximum atomic E-state index is 11.3. The highest BCUT2D eigenvalue weighted by Crippen LogP contribution is 2.46. The van der Waals surface area contributed by atoms with E-state index in [1.54, 1.807) is 14.0 Å². The first-order valence-electron chi connectivity index (χ1n) is 10.5. The second-order valence-corrected chi connectivity index (χ2v) is 9.79. The molecule has 32 heavy (non-hydrogen) atoms. The quantitative estimate of drug-likeness (QED) is 0.391. The van der Waals surface area contributed by atoms with Crippen LogP contribution < -0.4 is 10.1 Å². The van der Waals surface area contributed by atoms with Crippen LogP contribution in [0, 0.1) is 0 Å². The van der Waals surface area contributed by atoms with Crippen LogP contribution in [0.3, 0.4) is 0 Å². The van der Waals surface area contributed by atoms with Gasteiger partial charge in [-0.1, -0.05) is 47.8 Å². The number of nitrogens with one attached hydrogen (secondary N) is 2. The third kappa shape index (κ3) is 5.14. The molecule has 0 aliphatic carbocycles. The smallest absolute Gasteiger partial charge is 0.216 e. The molecule has 2 N–H and O–H groups in total. The fourth-order valence-corrected chi connectivity index (χ4v) is 5.78. The molecule has 2 aromatic carbocycles. The van der Waals surface area contributed by atoms with E-state index < -0.39 is 0 Å². The number of thioether (sulfide) groups is 2. The Balaban J connectivity index is 1.55. The third-order valence-electron chi connectivity index (χ3n) is 5.20. The minimum absolute atomic E-state index is 0.0180. The largest absolute Gasteiger partial charge is 0.497 e. The van der Waals surface area contributed by atoms with Crippen molar-refractivity contribution in [1.82, 2.24) is 10.3 Å². The van der Waals surface area contributed by atoms with Crippen LogP contribution in [0.15, 0.2) is 80.3 Å². The van der Waals surface area contributed by atoms with Crippen LogP contribution in [0.1, 0.15) is 25.1 Å². The van der Waals surface area contributed by atoms with E-state index >= 15 is 0 Å². The highest BCUT2D eigenvalue weighted by Gasteiger charge is 2.14. The maximum Gasteiger partial charge on any atom is 0.216 e. The van der Waals surface area contributed by atoms with Crippen molar-refractivity contribution < 1.29 is 9.53 Å². The summed E-state index contributed by atoms with van der Waals surface area (Å²) in [5.41, 5.74) is 3.27. The molecule has 0 radical (unpaired) electrons. The number of hydrogen-bond donors (Lipinski definition) is 2. The molecule has 1 aliphatic heterocycles. The highest BCUT2D eigenvalue weighted by atomic mass is 32.2. The van der Waals surface area contributed by atoms with Gasteiger partial charge in [0, 0.05) is 49.7 Å². The summed E-state index contributed by atoms with van der Waals surface area (Å²) < 4.78 is 5.41. The van der Waals surface area contributed by atoms with Gasteiger partial charge in [-0.15, -0.1) is 0 Å². The summed E-state index contributed by atoms with van der Waals surface area (Å²) in [5.74, 6) is 0.803. The number of ether oxygens (including phenoxy) is 1. The first-order valence-corrected chi connectivity index (χ1v) is 12.1. The van der Waals surface area contributed by atoms with E-state index in [1.807, 2.05) is 41.7 Å². The van der Waals surface area contributed by atoms with Crippen LogP contribution in [-0.2, 0) is 11.2 Å². The Morgan fingerprint density at radius 1 is 1.09 bits per heavy atom. The molecule has 1 aliphatic rings. The van der Waals surface area contributed by atoms with Gasteiger partial charge in [-0.25, -0.2) is 0 Å². The number of hydrogen-bond acceptors (Lipinski definition) is 4. The van der Waals surface area contributed by atoms with Crippen LogP contribution >= 0.6 is 23.5 Å². The number of carbonyl (C=O) groups excluding carboxylic acids is 1. The Bertz CT molecular complexity index is 1240. The van der Waals surface area contributed by atoms with Crippen molar-refractivity contribution in [1.29, 1.82) is 0 Å². The summed E-state index contributed by atoms with van der Waals surface area (Å²) in [6, 6.07) is 14.5. The lowest BCUT2D eigenvalue weighted by atomic mass is 10.1. The molecule has 6 heteroatoms. The standard InChI is InChI=1S/C26H26N2O2S2/c1-17-24(32-26-11-7-6-10-25(26)31-17)9-5-4-8-22-20(14-15-27-18(2)29)21-16-19(30-3)12-13-23(21)28-22/h4-13,16,28H,14-15H2,1-3H3,(H,27,29)/b8-4+,9-5-. The number of benzene rings is 2. The van der Waals surface area contributed by atoms with E-state index in [0.717, 1.165) is 28.8 Å². The summed E-state index contributed by atoms with van der Waals surface area (Å²) in [6.45, 7) is 4.30. The Kier molecular flexibility index (Phi) is 7.12. The average Bonchev–Trinajstić information content (AvgIpc) is 3.13. The molecule has 0 saturated heterocycles. The number of fused-ring (bicyclic) bond motifs is 2. The van der Waals surface area contributed by atoms with E-state index in [4.69, 9.17) is 4.74 Å². The average molecular weight is 463 g/mol. The highest BCUT2D eigenvalue weighted by molar-refractivity contribution is 8.09. The number of allylic oxidation sites excluding steroid dienone is 4. The van der Waals surface area contributed by atoms with Gasteiger partial charge < -0.3 is 15.0 Å². The van der Waals surface area contributed by atoms with Gasteiger partial charge in [-0.05, 0) is 61.4 Å². The number of aromatic amines is 1. The van der Waals surface area contributed by atoms with Crippen molar-refractivity contribution in [3.05, 3.63) is 81.8 Å². The molecule has 164 valence electrons. The molecule has 1 aromatic heterocycles. The summed E-state index contributed by atoms with van der Waals surface area (Å²) in [5, 5.41) is 4.01. The second kappa shape index (κ2) is 10.2. The fraction of sp³-hybridized carbons (Fsp3) is 0.192. The zero-order valence-corrected chi connectivity index (χ0v) is 20.0. The molecule has 0 unspecified atom stereocenters. The normalized spacial score (nSPS) is 13.8. The summed E-state index contributed by atoms with van der Waals surface area (Å²) in [6.07, 6.45) is 9.15. The van der Waals surface area contributed by atoms with Gasteiger partial charge in [-0.2, -0.15) is 0 Å². The molecule has 0 fully saturated rings. The molecule has 2 heterocycles. The molecule has 0 spiro atoms. The Morgan fingerprint density at radius 2 is 1.84 bits per heavy atom. The van der Waals surface area contributed by atoms with Crippen molar-refractivity contribution in [2.24, 2.45) is 0 Å². The van der Waals surface area contributed by atoms with Crippen LogP contribution in [-0.4, -0.2) is 24.5 Å². The first kappa shape index (κ1) is 22.4. The fourth-order valence-electron chi connectivity index (χ4n) is 3.62. The SMILES string of the molecule is COc1ccc2[nH]c(/C=C/C=C\C3=C(C)Sc4ccccc4S3)c(CCNC(C)=O)c2c1. The van der Waals surface area contributed by atoms with Crippen LogP contribution in [0.25, 0.3) is 17.0 Å². The first-order chi connectivity index (χ1) is 15.5. The monoisotopic (exact) mass is 462 g/mol. The zero-order chi connectivity index (χ0) is 22.5. The van der Waals surface area contributed by atoms with E-state index in [9.17, 15) is 4.79 Å². The molecule has 0 saturated carbocycles. The Hall–Kier alpha value is -2.83. The van der Waals surface area contributed by atoms with Crippen molar-refractivity contribution in [2.45, 2.75) is 30.1 Å². The number of carbonyl (C=O) groups is 1. The van der Waals surface area contributed by atoms with E-state index in [1.165, 1.54) is 25.2 Å². The van der Waals surface area contributed by atoms with Crippen molar-refractivity contribution in [3.63, 3.8) is 0 Å². The predicted molar refractivity (Wildman–Crippen MR) is 136 cm³/mol. The summed E-state index contributed by atoms with van der Waals surface area (Å²) in [7, 11) is 1.67. The molecule has 3 aromatic rings. The number of H-pyrrole nitrogens is 1. The van der Waals surface area contributed by atoms with Gasteiger partial charge in [0.25, 0.3) is 0 Å². The van der Waals surface area contributed by atoms with E-state index in [2.05, 4.69) is 65.8 Å². The van der Waals surface area contributed by atoms with Crippen molar-refractivity contribution >= 4 is 46.4 Å². The van der Waals surface area contributed by atoms with Gasteiger partial charge in [0.05, 0.1) is 7.11 Å². The Labute approximate surface area is 197 Å². The van der Waals surface area contributed by atoms with Gasteiger partial charge in [0.1, 0.15) is 5.75 Å². The van der Waals surface area contributed by atoms with Crippen molar-refractivity contribution in [3.8, 4) is 5.75 Å². The number of aromatic nitrogens is 1. The summed E-state index contributed by atoms with van der Waals surface area (Å²) >= 11 is 3.64. The lowest BCUT2D eigenvalue weighted by Crippen LogP contribution is -2.22. The molecule has 4 rings (SSSR count). The van der Waals surface area contributed by atoms with Crippen LogP contribution in [0.2, 0.25) is 0 Å².